The second kappa shape index (κ2) is 4.27. The zero-order chi connectivity index (χ0) is 8.97. The van der Waals surface area contributed by atoms with E-state index < -0.39 is 0 Å². The highest BCUT2D eigenvalue weighted by atomic mass is 35.5. The fourth-order valence-corrected chi connectivity index (χ4v) is 1.13. The van der Waals surface area contributed by atoms with Crippen molar-refractivity contribution in [2.24, 2.45) is 0 Å². The van der Waals surface area contributed by atoms with Gasteiger partial charge < -0.3 is 0 Å². The highest BCUT2D eigenvalue weighted by Crippen LogP contribution is 2.20. The lowest BCUT2D eigenvalue weighted by molar-refractivity contribution is 0.625. The van der Waals surface area contributed by atoms with Gasteiger partial charge in [-0.1, -0.05) is 36.7 Å². The Labute approximate surface area is 76.7 Å². The quantitative estimate of drug-likeness (QED) is 0.654. The van der Waals surface area contributed by atoms with Crippen molar-refractivity contribution in [2.45, 2.75) is 13.3 Å². The minimum atomic E-state index is -0.271. The molecule has 0 saturated heterocycles. The van der Waals surface area contributed by atoms with E-state index in [2.05, 4.69) is 0 Å². The molecule has 0 heterocycles. The number of rotatable bonds is 2. The van der Waals surface area contributed by atoms with E-state index in [1.165, 1.54) is 6.07 Å². The summed E-state index contributed by atoms with van der Waals surface area (Å²) in [7, 11) is 0. The molecule has 0 fully saturated rings. The third-order valence-corrected chi connectivity index (χ3v) is 1.85. The highest BCUT2D eigenvalue weighted by molar-refractivity contribution is 6.32. The van der Waals surface area contributed by atoms with Crippen molar-refractivity contribution >= 4 is 17.7 Å². The summed E-state index contributed by atoms with van der Waals surface area (Å²) >= 11 is 5.77. The van der Waals surface area contributed by atoms with Crippen molar-refractivity contribution in [2.75, 3.05) is 0 Å². The molecule has 1 rings (SSSR count). The van der Waals surface area contributed by atoms with E-state index in [9.17, 15) is 4.39 Å². The Kier molecular flexibility index (Phi) is 3.30. The summed E-state index contributed by atoms with van der Waals surface area (Å²) in [6, 6.07) is 4.68. The molecule has 0 aliphatic heterocycles. The van der Waals surface area contributed by atoms with Crippen molar-refractivity contribution in [3.8, 4) is 0 Å². The monoisotopic (exact) mass is 184 g/mol. The van der Waals surface area contributed by atoms with E-state index in [1.54, 1.807) is 18.2 Å². The first kappa shape index (κ1) is 9.27. The van der Waals surface area contributed by atoms with E-state index >= 15 is 0 Å². The van der Waals surface area contributed by atoms with Crippen LogP contribution in [0.4, 0.5) is 4.39 Å². The fourth-order valence-electron chi connectivity index (χ4n) is 0.906. The van der Waals surface area contributed by atoms with Crippen molar-refractivity contribution in [1.29, 1.82) is 0 Å². The third kappa shape index (κ3) is 2.08. The number of hydrogen-bond donors (Lipinski definition) is 0. The number of benzene rings is 1. The molecule has 1 aromatic rings. The molecule has 0 bridgehead atoms. The topological polar surface area (TPSA) is 0 Å². The van der Waals surface area contributed by atoms with Crippen LogP contribution in [0.1, 0.15) is 18.9 Å². The van der Waals surface area contributed by atoms with Gasteiger partial charge in [0.25, 0.3) is 0 Å². The average Bonchev–Trinajstić information content (AvgIpc) is 2.04. The molecule has 0 unspecified atom stereocenters. The molecule has 0 spiro atoms. The molecule has 0 saturated carbocycles. The summed E-state index contributed by atoms with van der Waals surface area (Å²) in [5.41, 5.74) is 0.473. The predicted molar refractivity (Wildman–Crippen MR) is 50.7 cm³/mol. The van der Waals surface area contributed by atoms with Gasteiger partial charge in [-0.25, -0.2) is 4.39 Å². The molecule has 12 heavy (non-hydrogen) atoms. The smallest absolute Gasteiger partial charge is 0.131 e. The highest BCUT2D eigenvalue weighted by Gasteiger charge is 2.01. The van der Waals surface area contributed by atoms with Crippen LogP contribution in [0.15, 0.2) is 24.3 Å². The summed E-state index contributed by atoms with van der Waals surface area (Å²) in [4.78, 5) is 0. The van der Waals surface area contributed by atoms with E-state index in [0.29, 0.717) is 10.6 Å². The van der Waals surface area contributed by atoms with Crippen LogP contribution in [0.25, 0.3) is 6.08 Å². The number of hydrogen-bond acceptors (Lipinski definition) is 0. The van der Waals surface area contributed by atoms with Gasteiger partial charge >= 0.3 is 0 Å². The van der Waals surface area contributed by atoms with E-state index in [-0.39, 0.29) is 5.82 Å². The Morgan fingerprint density at radius 2 is 2.25 bits per heavy atom. The maximum absolute atomic E-state index is 13.0. The molecule has 0 atom stereocenters. The Hall–Kier alpha value is -0.820. The van der Waals surface area contributed by atoms with Crippen LogP contribution in [0.2, 0.25) is 5.02 Å². The zero-order valence-corrected chi connectivity index (χ0v) is 7.61. The maximum Gasteiger partial charge on any atom is 0.131 e. The van der Waals surface area contributed by atoms with Gasteiger partial charge in [0, 0.05) is 5.56 Å². The molecule has 0 aromatic heterocycles. The minimum Gasteiger partial charge on any atom is -0.206 e. The first-order chi connectivity index (χ1) is 5.75. The molecule has 0 nitrogen and oxygen atoms in total. The standard InChI is InChI=1S/C10H10ClF/c1-2-3-5-8-9(11)6-4-7-10(8)12/h3-7H,2H2,1H3. The summed E-state index contributed by atoms with van der Waals surface area (Å²) in [6.45, 7) is 1.99. The van der Waals surface area contributed by atoms with Gasteiger partial charge in [0.1, 0.15) is 5.82 Å². The Morgan fingerprint density at radius 1 is 1.50 bits per heavy atom. The molecule has 64 valence electrons. The molecular formula is C10H10ClF. The summed E-state index contributed by atoms with van der Waals surface area (Å²) in [6.07, 6.45) is 4.46. The van der Waals surface area contributed by atoms with Crippen LogP contribution in [-0.2, 0) is 0 Å². The van der Waals surface area contributed by atoms with Crippen LogP contribution < -0.4 is 0 Å². The molecule has 0 radical (unpaired) electrons. The first-order valence-corrected chi connectivity index (χ1v) is 4.24. The van der Waals surface area contributed by atoms with E-state index in [1.807, 2.05) is 13.0 Å². The molecule has 1 aromatic carbocycles. The zero-order valence-electron chi connectivity index (χ0n) is 6.85. The maximum atomic E-state index is 13.0. The van der Waals surface area contributed by atoms with Gasteiger partial charge in [0.2, 0.25) is 0 Å². The van der Waals surface area contributed by atoms with Crippen LogP contribution in [0, 0.1) is 5.82 Å². The van der Waals surface area contributed by atoms with Crippen molar-refractivity contribution in [3.05, 3.63) is 40.7 Å². The Balaban J connectivity index is 3.04. The second-order valence-electron chi connectivity index (χ2n) is 2.45. The molecule has 0 aliphatic carbocycles. The molecular weight excluding hydrogens is 175 g/mol. The van der Waals surface area contributed by atoms with Gasteiger partial charge in [-0.05, 0) is 18.6 Å². The SMILES string of the molecule is CCC=Cc1c(F)cccc1Cl. The van der Waals surface area contributed by atoms with Gasteiger partial charge in [0.05, 0.1) is 5.02 Å². The molecule has 0 N–H and O–H groups in total. The second-order valence-corrected chi connectivity index (χ2v) is 2.85. The lowest BCUT2D eigenvalue weighted by Gasteiger charge is -1.98. The van der Waals surface area contributed by atoms with Gasteiger partial charge in [-0.3, -0.25) is 0 Å². The summed E-state index contributed by atoms with van der Waals surface area (Å²) < 4.78 is 13.0. The predicted octanol–water partition coefficient (Wildman–Crippen LogP) is 3.90. The lowest BCUT2D eigenvalue weighted by atomic mass is 10.2. The van der Waals surface area contributed by atoms with Crippen LogP contribution in [0.5, 0.6) is 0 Å². The minimum absolute atomic E-state index is 0.271. The van der Waals surface area contributed by atoms with Crippen molar-refractivity contribution in [3.63, 3.8) is 0 Å². The third-order valence-electron chi connectivity index (χ3n) is 1.52. The number of allylic oxidation sites excluding steroid dienone is 1. The summed E-state index contributed by atoms with van der Waals surface area (Å²) in [5.74, 6) is -0.271. The van der Waals surface area contributed by atoms with Crippen LogP contribution in [-0.4, -0.2) is 0 Å². The number of halogens is 2. The normalized spacial score (nSPS) is 10.9. The summed E-state index contributed by atoms with van der Waals surface area (Å²) in [5, 5.41) is 0.458. The van der Waals surface area contributed by atoms with Crippen LogP contribution >= 0.6 is 11.6 Å². The molecule has 0 amide bonds. The largest absolute Gasteiger partial charge is 0.206 e. The van der Waals surface area contributed by atoms with Gasteiger partial charge in [-0.15, -0.1) is 0 Å². The van der Waals surface area contributed by atoms with E-state index in [0.717, 1.165) is 6.42 Å². The first-order valence-electron chi connectivity index (χ1n) is 3.86. The fraction of sp³-hybridized carbons (Fsp3) is 0.200. The van der Waals surface area contributed by atoms with Crippen molar-refractivity contribution < 1.29 is 4.39 Å². The Bertz CT molecular complexity index is 272. The van der Waals surface area contributed by atoms with Crippen LogP contribution in [0.3, 0.4) is 0 Å². The molecule has 2 heteroatoms. The Morgan fingerprint density at radius 3 is 2.83 bits per heavy atom. The average molecular weight is 185 g/mol. The molecule has 0 aliphatic rings. The lowest BCUT2D eigenvalue weighted by Crippen LogP contribution is -1.81. The van der Waals surface area contributed by atoms with Gasteiger partial charge in [0.15, 0.2) is 0 Å². The van der Waals surface area contributed by atoms with Gasteiger partial charge in [-0.2, -0.15) is 0 Å². The van der Waals surface area contributed by atoms with E-state index in [4.69, 9.17) is 11.6 Å². The van der Waals surface area contributed by atoms with Crippen molar-refractivity contribution in [1.82, 2.24) is 0 Å².